The second kappa shape index (κ2) is 7.23. The molecule has 3 saturated carbocycles. The van der Waals surface area contributed by atoms with Gasteiger partial charge in [-0.3, -0.25) is 14.4 Å². The van der Waals surface area contributed by atoms with Crippen molar-refractivity contribution in [2.24, 2.45) is 28.6 Å². The molecule has 0 saturated heterocycles. The Kier molecular flexibility index (Phi) is 5.33. The monoisotopic (exact) mass is 468 g/mol. The molecule has 0 aromatic carbocycles. The van der Waals surface area contributed by atoms with E-state index in [4.69, 9.17) is 4.74 Å². The largest absolute Gasteiger partial charge is 0.449 e. The third-order valence-electron chi connectivity index (χ3n) is 9.05. The average molecular weight is 469 g/mol. The summed E-state index contributed by atoms with van der Waals surface area (Å²) in [6.45, 7) is 6.62. The molecule has 4 aliphatic carbocycles. The number of aliphatic hydroxyl groups excluding tert-OH is 1. The molecular weight excluding hydrogens is 438 g/mol. The summed E-state index contributed by atoms with van der Waals surface area (Å²) in [6, 6.07) is 0. The van der Waals surface area contributed by atoms with E-state index in [0.717, 1.165) is 6.08 Å². The SMILES string of the molecule is CCC(=O)OC1(C(=O)S)C(C)C[C@H]2[C@@H]3CC(F)C4=CC(=O)C=C[C@]4(C)[C@@]3(F)C(O)C[C@@]21C. The first-order valence-corrected chi connectivity index (χ1v) is 11.7. The highest BCUT2D eigenvalue weighted by Crippen LogP contribution is 2.71. The minimum atomic E-state index is -2.24. The number of hydrogen-bond acceptors (Lipinski definition) is 5. The second-order valence-corrected chi connectivity index (χ2v) is 10.8. The first kappa shape index (κ1) is 23.6. The summed E-state index contributed by atoms with van der Waals surface area (Å²) in [5.41, 5.74) is -6.46. The molecule has 1 N–H and O–H groups in total. The van der Waals surface area contributed by atoms with Crippen LogP contribution in [0.4, 0.5) is 8.78 Å². The van der Waals surface area contributed by atoms with Crippen molar-refractivity contribution >= 4 is 29.5 Å². The zero-order valence-electron chi connectivity index (χ0n) is 18.7. The van der Waals surface area contributed by atoms with E-state index in [1.807, 2.05) is 0 Å². The number of aliphatic hydroxyl groups is 1. The molecule has 0 radical (unpaired) electrons. The van der Waals surface area contributed by atoms with Crippen molar-refractivity contribution in [2.75, 3.05) is 0 Å². The fourth-order valence-corrected chi connectivity index (χ4v) is 8.01. The van der Waals surface area contributed by atoms with E-state index in [2.05, 4.69) is 12.6 Å². The van der Waals surface area contributed by atoms with Gasteiger partial charge in [0.15, 0.2) is 17.1 Å². The van der Waals surface area contributed by atoms with Crippen LogP contribution in [0.1, 0.15) is 53.4 Å². The van der Waals surface area contributed by atoms with Crippen LogP contribution < -0.4 is 0 Å². The molecule has 4 unspecified atom stereocenters. The normalized spacial score (nSPS) is 49.6. The molecule has 8 heteroatoms. The highest BCUT2D eigenvalue weighted by atomic mass is 32.1. The van der Waals surface area contributed by atoms with E-state index in [-0.39, 0.29) is 24.8 Å². The fraction of sp³-hybridized carbons (Fsp3) is 0.708. The van der Waals surface area contributed by atoms with Crippen LogP contribution >= 0.6 is 12.6 Å². The van der Waals surface area contributed by atoms with Crippen molar-refractivity contribution < 1.29 is 33.0 Å². The van der Waals surface area contributed by atoms with Gasteiger partial charge in [0.1, 0.15) is 6.17 Å². The number of carbonyl (C=O) groups excluding carboxylic acids is 3. The van der Waals surface area contributed by atoms with Gasteiger partial charge >= 0.3 is 5.97 Å². The lowest BCUT2D eigenvalue weighted by Gasteiger charge is -2.63. The summed E-state index contributed by atoms with van der Waals surface area (Å²) < 4.78 is 38.3. The van der Waals surface area contributed by atoms with Gasteiger partial charge in [0.05, 0.1) is 6.10 Å². The van der Waals surface area contributed by atoms with Crippen LogP contribution in [0.15, 0.2) is 23.8 Å². The van der Waals surface area contributed by atoms with Crippen LogP contribution in [-0.2, 0) is 19.1 Å². The van der Waals surface area contributed by atoms with Crippen molar-refractivity contribution in [3.05, 3.63) is 23.8 Å². The third kappa shape index (κ3) is 2.62. The molecule has 0 amide bonds. The van der Waals surface area contributed by atoms with E-state index in [9.17, 15) is 19.5 Å². The van der Waals surface area contributed by atoms with Crippen molar-refractivity contribution in [3.63, 3.8) is 0 Å². The third-order valence-corrected chi connectivity index (χ3v) is 9.38. The highest BCUT2D eigenvalue weighted by Gasteiger charge is 2.77. The number of carbonyl (C=O) groups is 3. The van der Waals surface area contributed by atoms with Gasteiger partial charge in [0.2, 0.25) is 5.12 Å². The molecule has 0 aromatic heterocycles. The van der Waals surface area contributed by atoms with Crippen LogP contribution in [0.3, 0.4) is 0 Å². The standard InChI is InChI=1S/C24H30F2O5S/c1-5-19(29)31-24(20(30)32)12(2)8-14-15-10-17(25)16-9-13(27)6-7-21(16,3)23(15,26)18(28)11-22(14,24)4/h6-7,9,12,14-15,17-18,28H,5,8,10-11H2,1-4H3,(H,30,32)/t12?,14-,15-,17?,18?,21-,22-,23-,24?/m0/s1. The summed E-state index contributed by atoms with van der Waals surface area (Å²) >= 11 is 4.09. The van der Waals surface area contributed by atoms with E-state index in [1.54, 1.807) is 20.8 Å². The maximum atomic E-state index is 17.1. The van der Waals surface area contributed by atoms with Gasteiger partial charge in [-0.05, 0) is 49.8 Å². The maximum absolute atomic E-state index is 17.1. The summed E-state index contributed by atoms with van der Waals surface area (Å²) in [4.78, 5) is 37.2. The number of rotatable bonds is 3. The molecule has 5 nitrogen and oxygen atoms in total. The summed E-state index contributed by atoms with van der Waals surface area (Å²) in [5, 5.41) is 10.7. The van der Waals surface area contributed by atoms with Gasteiger partial charge in [-0.15, -0.1) is 12.6 Å². The number of hydrogen-bond donors (Lipinski definition) is 2. The Morgan fingerprint density at radius 1 is 1.28 bits per heavy atom. The maximum Gasteiger partial charge on any atom is 0.306 e. The second-order valence-electron chi connectivity index (χ2n) is 10.4. The molecule has 3 fully saturated rings. The van der Waals surface area contributed by atoms with Crippen LogP contribution in [0.2, 0.25) is 0 Å². The quantitative estimate of drug-likeness (QED) is 0.488. The molecule has 0 heterocycles. The van der Waals surface area contributed by atoms with E-state index in [0.29, 0.717) is 6.42 Å². The summed E-state index contributed by atoms with van der Waals surface area (Å²) in [5.74, 6) is -2.94. The molecular formula is C24H30F2O5S. The zero-order valence-corrected chi connectivity index (χ0v) is 19.6. The van der Waals surface area contributed by atoms with Gasteiger partial charge in [0.25, 0.3) is 0 Å². The van der Waals surface area contributed by atoms with E-state index >= 15 is 8.78 Å². The smallest absolute Gasteiger partial charge is 0.306 e. The minimum Gasteiger partial charge on any atom is -0.449 e. The predicted molar refractivity (Wildman–Crippen MR) is 116 cm³/mol. The molecule has 0 aliphatic heterocycles. The number of esters is 1. The first-order valence-electron chi connectivity index (χ1n) is 11.2. The molecule has 9 atom stereocenters. The summed E-state index contributed by atoms with van der Waals surface area (Å²) in [7, 11) is 0. The molecule has 176 valence electrons. The topological polar surface area (TPSA) is 80.7 Å². The van der Waals surface area contributed by atoms with Crippen molar-refractivity contribution in [2.45, 2.75) is 76.9 Å². The van der Waals surface area contributed by atoms with Crippen LogP contribution in [0.25, 0.3) is 0 Å². The molecule has 32 heavy (non-hydrogen) atoms. The number of fused-ring (bicyclic) bond motifs is 5. The Bertz CT molecular complexity index is 949. The van der Waals surface area contributed by atoms with Crippen molar-refractivity contribution in [1.29, 1.82) is 0 Å². The number of allylic oxidation sites excluding steroid dienone is 4. The van der Waals surface area contributed by atoms with E-state index in [1.165, 1.54) is 19.1 Å². The minimum absolute atomic E-state index is 0.0476. The Morgan fingerprint density at radius 2 is 1.94 bits per heavy atom. The lowest BCUT2D eigenvalue weighted by Crippen LogP contribution is -2.70. The Morgan fingerprint density at radius 3 is 2.53 bits per heavy atom. The number of thiol groups is 1. The Labute approximate surface area is 192 Å². The number of ether oxygens (including phenoxy) is 1. The van der Waals surface area contributed by atoms with Crippen molar-refractivity contribution in [1.82, 2.24) is 0 Å². The Balaban J connectivity index is 1.87. The van der Waals surface area contributed by atoms with Gasteiger partial charge < -0.3 is 9.84 Å². The Hall–Kier alpha value is -1.54. The van der Waals surface area contributed by atoms with Crippen LogP contribution in [0.5, 0.6) is 0 Å². The van der Waals surface area contributed by atoms with Gasteiger partial charge in [0, 0.05) is 29.1 Å². The highest BCUT2D eigenvalue weighted by molar-refractivity contribution is 7.96. The van der Waals surface area contributed by atoms with Gasteiger partial charge in [-0.1, -0.05) is 26.8 Å². The predicted octanol–water partition coefficient (Wildman–Crippen LogP) is 3.70. The summed E-state index contributed by atoms with van der Waals surface area (Å²) in [6.07, 6.45) is 0.619. The molecule has 0 spiro atoms. The van der Waals surface area contributed by atoms with Gasteiger partial charge in [-0.25, -0.2) is 8.78 Å². The number of ketones is 1. The van der Waals surface area contributed by atoms with Crippen molar-refractivity contribution in [3.8, 4) is 0 Å². The fourth-order valence-electron chi connectivity index (χ4n) is 7.49. The first-order chi connectivity index (χ1) is 14.8. The average Bonchev–Trinajstić information content (AvgIpc) is 2.93. The zero-order chi connectivity index (χ0) is 23.9. The molecule has 4 aliphatic rings. The number of halogens is 2. The van der Waals surface area contributed by atoms with Crippen LogP contribution in [0, 0.1) is 28.6 Å². The van der Waals surface area contributed by atoms with E-state index < -0.39 is 69.0 Å². The lowest BCUT2D eigenvalue weighted by atomic mass is 9.44. The molecule has 0 bridgehead atoms. The van der Waals surface area contributed by atoms with Gasteiger partial charge in [-0.2, -0.15) is 0 Å². The molecule has 4 rings (SSSR count). The molecule has 0 aromatic rings. The number of alkyl halides is 2. The lowest BCUT2D eigenvalue weighted by molar-refractivity contribution is -0.228. The van der Waals surface area contributed by atoms with Crippen LogP contribution in [-0.4, -0.2) is 45.5 Å².